The van der Waals surface area contributed by atoms with E-state index in [2.05, 4.69) is 19.2 Å². The van der Waals surface area contributed by atoms with Crippen molar-refractivity contribution in [2.45, 2.75) is 38.8 Å². The first-order valence-corrected chi connectivity index (χ1v) is 7.35. The molecule has 1 saturated heterocycles. The fourth-order valence-corrected chi connectivity index (χ4v) is 2.33. The SMILES string of the molecule is CCCNC(C)c1ccc(OC2CCOC2=O)c(Cl)c1. The van der Waals surface area contributed by atoms with E-state index in [1.807, 2.05) is 18.2 Å². The van der Waals surface area contributed by atoms with Gasteiger partial charge in [-0.25, -0.2) is 4.79 Å². The number of rotatable bonds is 6. The van der Waals surface area contributed by atoms with Gasteiger partial charge in [0.2, 0.25) is 0 Å². The number of nitrogens with one attached hydrogen (secondary N) is 1. The van der Waals surface area contributed by atoms with Crippen molar-refractivity contribution < 1.29 is 14.3 Å². The van der Waals surface area contributed by atoms with E-state index in [1.54, 1.807) is 0 Å². The van der Waals surface area contributed by atoms with Crippen LogP contribution in [-0.2, 0) is 9.53 Å². The summed E-state index contributed by atoms with van der Waals surface area (Å²) in [6, 6.07) is 5.89. The molecule has 4 nitrogen and oxygen atoms in total. The van der Waals surface area contributed by atoms with E-state index in [0.29, 0.717) is 23.8 Å². The van der Waals surface area contributed by atoms with E-state index >= 15 is 0 Å². The summed E-state index contributed by atoms with van der Waals surface area (Å²) >= 11 is 6.23. The van der Waals surface area contributed by atoms with Gasteiger partial charge >= 0.3 is 5.97 Å². The predicted octanol–water partition coefficient (Wildman–Crippen LogP) is 3.09. The Morgan fingerprint density at radius 3 is 2.95 bits per heavy atom. The van der Waals surface area contributed by atoms with Gasteiger partial charge in [0.15, 0.2) is 6.10 Å². The highest BCUT2D eigenvalue weighted by atomic mass is 35.5. The van der Waals surface area contributed by atoms with Gasteiger partial charge in [-0.2, -0.15) is 0 Å². The smallest absolute Gasteiger partial charge is 0.347 e. The molecule has 0 saturated carbocycles. The number of hydrogen-bond donors (Lipinski definition) is 1. The van der Waals surface area contributed by atoms with Crippen LogP contribution in [0.15, 0.2) is 18.2 Å². The second kappa shape index (κ2) is 6.95. The lowest BCUT2D eigenvalue weighted by molar-refractivity contribution is -0.143. The number of ether oxygens (including phenoxy) is 2. The molecular formula is C15H20ClNO3. The van der Waals surface area contributed by atoms with Crippen molar-refractivity contribution in [1.29, 1.82) is 0 Å². The zero-order valence-corrected chi connectivity index (χ0v) is 12.6. The molecule has 2 unspecified atom stereocenters. The van der Waals surface area contributed by atoms with Crippen molar-refractivity contribution in [2.75, 3.05) is 13.2 Å². The molecule has 2 atom stereocenters. The highest BCUT2D eigenvalue weighted by Crippen LogP contribution is 2.30. The Morgan fingerprint density at radius 2 is 2.35 bits per heavy atom. The molecule has 0 aromatic heterocycles. The Bertz CT molecular complexity index is 478. The summed E-state index contributed by atoms with van der Waals surface area (Å²) in [5.41, 5.74) is 1.10. The number of hydrogen-bond acceptors (Lipinski definition) is 4. The average molecular weight is 298 g/mol. The Labute approximate surface area is 124 Å². The monoisotopic (exact) mass is 297 g/mol. The number of benzene rings is 1. The molecule has 0 spiro atoms. The lowest BCUT2D eigenvalue weighted by Gasteiger charge is -2.16. The molecule has 5 heteroatoms. The Kier molecular flexibility index (Phi) is 5.26. The van der Waals surface area contributed by atoms with E-state index in [4.69, 9.17) is 21.1 Å². The summed E-state index contributed by atoms with van der Waals surface area (Å²) in [5.74, 6) is 0.213. The first-order valence-electron chi connectivity index (χ1n) is 6.98. The molecule has 0 radical (unpaired) electrons. The second-order valence-electron chi connectivity index (χ2n) is 4.93. The highest BCUT2D eigenvalue weighted by molar-refractivity contribution is 6.32. The summed E-state index contributed by atoms with van der Waals surface area (Å²) in [7, 11) is 0. The predicted molar refractivity (Wildman–Crippen MR) is 78.2 cm³/mol. The summed E-state index contributed by atoms with van der Waals surface area (Å²) < 4.78 is 10.5. The van der Waals surface area contributed by atoms with Gasteiger partial charge in [0.1, 0.15) is 5.75 Å². The van der Waals surface area contributed by atoms with Gasteiger partial charge in [0.25, 0.3) is 0 Å². The van der Waals surface area contributed by atoms with Crippen molar-refractivity contribution in [3.05, 3.63) is 28.8 Å². The Hall–Kier alpha value is -1.26. The van der Waals surface area contributed by atoms with Gasteiger partial charge in [-0.05, 0) is 37.6 Å². The van der Waals surface area contributed by atoms with Crippen molar-refractivity contribution >= 4 is 17.6 Å². The molecule has 1 heterocycles. The van der Waals surface area contributed by atoms with Gasteiger partial charge < -0.3 is 14.8 Å². The summed E-state index contributed by atoms with van der Waals surface area (Å²) in [6.07, 6.45) is 1.13. The van der Waals surface area contributed by atoms with E-state index in [9.17, 15) is 4.79 Å². The quantitative estimate of drug-likeness (QED) is 0.820. The number of carbonyl (C=O) groups is 1. The maximum absolute atomic E-state index is 11.4. The molecule has 110 valence electrons. The zero-order valence-electron chi connectivity index (χ0n) is 11.8. The third-order valence-corrected chi connectivity index (χ3v) is 3.61. The summed E-state index contributed by atoms with van der Waals surface area (Å²) in [4.78, 5) is 11.4. The van der Waals surface area contributed by atoms with E-state index in [0.717, 1.165) is 18.5 Å². The highest BCUT2D eigenvalue weighted by Gasteiger charge is 2.29. The zero-order chi connectivity index (χ0) is 14.5. The molecule has 1 aromatic rings. The Balaban J connectivity index is 2.03. The lowest BCUT2D eigenvalue weighted by Crippen LogP contribution is -2.22. The molecular weight excluding hydrogens is 278 g/mol. The van der Waals surface area contributed by atoms with Crippen LogP contribution in [0.25, 0.3) is 0 Å². The molecule has 1 aliphatic heterocycles. The molecule has 0 bridgehead atoms. The number of carbonyl (C=O) groups excluding carboxylic acids is 1. The average Bonchev–Trinajstić information content (AvgIpc) is 2.84. The number of esters is 1. The first-order chi connectivity index (χ1) is 9.61. The maximum atomic E-state index is 11.4. The van der Waals surface area contributed by atoms with Gasteiger partial charge in [-0.3, -0.25) is 0 Å². The molecule has 1 N–H and O–H groups in total. The molecule has 1 fully saturated rings. The van der Waals surface area contributed by atoms with Gasteiger partial charge in [0.05, 0.1) is 11.6 Å². The van der Waals surface area contributed by atoms with Crippen LogP contribution in [0.2, 0.25) is 5.02 Å². The van der Waals surface area contributed by atoms with Crippen LogP contribution in [-0.4, -0.2) is 25.2 Å². The summed E-state index contributed by atoms with van der Waals surface area (Å²) in [6.45, 7) is 5.60. The van der Waals surface area contributed by atoms with Gasteiger partial charge in [-0.15, -0.1) is 0 Å². The molecule has 0 aliphatic carbocycles. The van der Waals surface area contributed by atoms with E-state index in [-0.39, 0.29) is 12.0 Å². The molecule has 0 amide bonds. The second-order valence-corrected chi connectivity index (χ2v) is 5.34. The largest absolute Gasteiger partial charge is 0.477 e. The first kappa shape index (κ1) is 15.1. The van der Waals surface area contributed by atoms with Crippen molar-refractivity contribution in [3.63, 3.8) is 0 Å². The van der Waals surface area contributed by atoms with Crippen molar-refractivity contribution in [3.8, 4) is 5.75 Å². The van der Waals surface area contributed by atoms with Crippen LogP contribution in [0.1, 0.15) is 38.3 Å². The number of cyclic esters (lactones) is 1. The third kappa shape index (κ3) is 3.64. The molecule has 1 aliphatic rings. The minimum atomic E-state index is -0.533. The van der Waals surface area contributed by atoms with Gasteiger partial charge in [0, 0.05) is 12.5 Å². The van der Waals surface area contributed by atoms with Gasteiger partial charge in [-0.1, -0.05) is 24.6 Å². The lowest BCUT2D eigenvalue weighted by atomic mass is 10.1. The fraction of sp³-hybridized carbons (Fsp3) is 0.533. The Morgan fingerprint density at radius 1 is 1.55 bits per heavy atom. The van der Waals surface area contributed by atoms with Crippen molar-refractivity contribution in [1.82, 2.24) is 5.32 Å². The van der Waals surface area contributed by atoms with Crippen LogP contribution in [0.3, 0.4) is 0 Å². The number of halogens is 1. The standard InChI is InChI=1S/C15H20ClNO3/c1-3-7-17-10(2)11-4-5-13(12(16)9-11)20-14-6-8-19-15(14)18/h4-5,9-10,14,17H,3,6-8H2,1-2H3. The van der Waals surface area contributed by atoms with Crippen LogP contribution >= 0.6 is 11.6 Å². The van der Waals surface area contributed by atoms with Crippen LogP contribution < -0.4 is 10.1 Å². The molecule has 2 rings (SSSR count). The van der Waals surface area contributed by atoms with E-state index in [1.165, 1.54) is 0 Å². The van der Waals surface area contributed by atoms with Crippen molar-refractivity contribution in [2.24, 2.45) is 0 Å². The van der Waals surface area contributed by atoms with E-state index < -0.39 is 6.10 Å². The van der Waals surface area contributed by atoms with Crippen LogP contribution in [0, 0.1) is 0 Å². The fourth-order valence-electron chi connectivity index (χ4n) is 2.10. The van der Waals surface area contributed by atoms with Crippen LogP contribution in [0.4, 0.5) is 0 Å². The maximum Gasteiger partial charge on any atom is 0.347 e. The normalized spacial score (nSPS) is 19.8. The molecule has 1 aromatic carbocycles. The molecule has 20 heavy (non-hydrogen) atoms. The summed E-state index contributed by atoms with van der Waals surface area (Å²) in [5, 5.41) is 3.92. The topological polar surface area (TPSA) is 47.6 Å². The van der Waals surface area contributed by atoms with Crippen LogP contribution in [0.5, 0.6) is 5.75 Å². The minimum absolute atomic E-state index is 0.234. The third-order valence-electron chi connectivity index (χ3n) is 3.31. The minimum Gasteiger partial charge on any atom is -0.477 e.